The Kier molecular flexibility index (Phi) is 6.61. The van der Waals surface area contributed by atoms with E-state index >= 15 is 0 Å². The third-order valence-electron chi connectivity index (χ3n) is 0.783. The van der Waals surface area contributed by atoms with Crippen LogP contribution in [-0.4, -0.2) is 4.98 Å². The van der Waals surface area contributed by atoms with Crippen molar-refractivity contribution in [3.8, 4) is 0 Å². The molecule has 0 aliphatic rings. The summed E-state index contributed by atoms with van der Waals surface area (Å²) in [5.74, 6) is 0. The monoisotopic (exact) mass is 269 g/mol. The van der Waals surface area contributed by atoms with E-state index in [1.165, 1.54) is 16.3 Å². The molecular weight excluding hydrogens is 267 g/mol. The van der Waals surface area contributed by atoms with Crippen molar-refractivity contribution >= 4 is 25.2 Å². The summed E-state index contributed by atoms with van der Waals surface area (Å²) in [6, 6.07) is 1.81. The molecule has 0 aliphatic carbocycles. The number of pyridine rings is 1. The first-order chi connectivity index (χ1) is 4.79. The van der Waals surface area contributed by atoms with E-state index in [1.807, 2.05) is 13.0 Å². The van der Waals surface area contributed by atoms with Gasteiger partial charge in [-0.3, -0.25) is 0 Å². The summed E-state index contributed by atoms with van der Waals surface area (Å²) in [4.78, 5) is 3.73. The number of nitrogens with zero attached hydrogens (tertiary/aromatic N) is 1. The molecule has 0 bridgehead atoms. The molecule has 0 saturated heterocycles. The van der Waals surface area contributed by atoms with Crippen molar-refractivity contribution in [3.05, 3.63) is 29.0 Å². The summed E-state index contributed by atoms with van der Waals surface area (Å²) in [6.45, 7) is 1.90. The molecule has 0 unspecified atom stereocenters. The van der Waals surface area contributed by atoms with Gasteiger partial charge in [0.2, 0.25) is 0 Å². The molecule has 0 N–H and O–H groups in total. The molecule has 1 heterocycles. The summed E-state index contributed by atoms with van der Waals surface area (Å²) in [7, 11) is 0. The first-order valence-corrected chi connectivity index (χ1v) is 9.88. The molecule has 0 fully saturated rings. The van der Waals surface area contributed by atoms with Gasteiger partial charge in [-0.1, -0.05) is 24.3 Å². The topological polar surface area (TPSA) is 12.9 Å². The van der Waals surface area contributed by atoms with Gasteiger partial charge in [0, 0.05) is 0 Å². The molecule has 0 aliphatic heterocycles. The molecule has 0 saturated carbocycles. The van der Waals surface area contributed by atoms with Gasteiger partial charge in [0.15, 0.2) is 0 Å². The van der Waals surface area contributed by atoms with Gasteiger partial charge < -0.3 is 4.98 Å². The van der Waals surface area contributed by atoms with E-state index < -0.39 is 0 Å². The van der Waals surface area contributed by atoms with E-state index in [2.05, 4.69) is 24.8 Å². The normalized spacial score (nSPS) is 8.10. The van der Waals surface area contributed by atoms with E-state index in [0.717, 1.165) is 5.56 Å². The van der Waals surface area contributed by atoms with Crippen LogP contribution in [0.15, 0.2) is 12.3 Å². The second kappa shape index (κ2) is 6.27. The fourth-order valence-corrected chi connectivity index (χ4v) is 0.685. The number of hydrogen-bond acceptors (Lipinski definition) is 1. The van der Waals surface area contributed by atoms with Crippen molar-refractivity contribution in [2.45, 2.75) is 6.92 Å². The summed E-state index contributed by atoms with van der Waals surface area (Å²) < 4.78 is 0. The van der Waals surface area contributed by atoms with Crippen molar-refractivity contribution in [1.82, 2.24) is 4.98 Å². The second-order valence-electron chi connectivity index (χ2n) is 1.58. The van der Waals surface area contributed by atoms with Gasteiger partial charge in [-0.15, -0.1) is 23.2 Å². The Morgan fingerprint density at radius 2 is 2.30 bits per heavy atom. The van der Waals surface area contributed by atoms with Crippen LogP contribution in [0.1, 0.15) is 5.56 Å². The molecule has 1 aromatic heterocycles. The Bertz CT molecular complexity index is 178. The summed E-state index contributed by atoms with van der Waals surface area (Å²) >= 11 is 9.81. The Morgan fingerprint density at radius 1 is 1.70 bits per heavy atom. The van der Waals surface area contributed by atoms with E-state index in [0.29, 0.717) is 5.02 Å². The van der Waals surface area contributed by atoms with Crippen LogP contribution in [0.4, 0.5) is 0 Å². The van der Waals surface area contributed by atoms with Crippen LogP contribution in [0.3, 0.4) is 0 Å². The average molecular weight is 272 g/mol. The van der Waals surface area contributed by atoms with Crippen LogP contribution < -0.4 is 0 Å². The van der Waals surface area contributed by atoms with Gasteiger partial charge in [0.1, 0.15) is 0 Å². The van der Waals surface area contributed by atoms with Gasteiger partial charge in [0.25, 0.3) is 0 Å². The van der Waals surface area contributed by atoms with Crippen LogP contribution in [-0.2, 0) is 16.3 Å². The van der Waals surface area contributed by atoms with Crippen molar-refractivity contribution in [3.63, 3.8) is 0 Å². The van der Waals surface area contributed by atoms with Gasteiger partial charge in [0.05, 0.1) is 0 Å². The number of hydrogen-bond donors (Lipinski definition) is 0. The first kappa shape index (κ1) is 10.5. The van der Waals surface area contributed by atoms with Crippen molar-refractivity contribution in [2.75, 3.05) is 0 Å². The quantitative estimate of drug-likeness (QED) is 0.522. The molecule has 1 nitrogen and oxygen atoms in total. The molecule has 0 aromatic carbocycles. The minimum absolute atomic E-state index is 0.668. The van der Waals surface area contributed by atoms with Gasteiger partial charge >= 0.3 is 30.0 Å². The van der Waals surface area contributed by atoms with E-state index in [-0.39, 0.29) is 0 Å². The zero-order valence-corrected chi connectivity index (χ0v) is 10.9. The fraction of sp³-hybridized carbons (Fsp3) is 0.167. The molecule has 10 heavy (non-hydrogen) atoms. The van der Waals surface area contributed by atoms with Crippen molar-refractivity contribution < 1.29 is 16.3 Å². The van der Waals surface area contributed by atoms with Gasteiger partial charge in [-0.05, 0) is 0 Å². The molecular formula is C6H5BrClNZn. The predicted molar refractivity (Wildman–Crippen MR) is 41.7 cm³/mol. The minimum atomic E-state index is 0.668. The standard InChI is InChI=1S/C6H5ClN.BrH.Zn/c1-5-2-6(7)4-8-3-5;;/h2,4H,1H3;1H;/q-1;;+2/p-1. The molecule has 4 heteroatoms. The van der Waals surface area contributed by atoms with Gasteiger partial charge in [-0.25, -0.2) is 0 Å². The molecule has 1 rings (SSSR count). The Labute approximate surface area is 82.2 Å². The van der Waals surface area contributed by atoms with Crippen molar-refractivity contribution in [2.24, 2.45) is 0 Å². The van der Waals surface area contributed by atoms with Gasteiger partial charge in [-0.2, -0.15) is 0 Å². The Balaban J connectivity index is 0.000000371. The van der Waals surface area contributed by atoms with E-state index in [1.54, 1.807) is 6.20 Å². The number of rotatable bonds is 0. The van der Waals surface area contributed by atoms with Crippen LogP contribution >= 0.6 is 25.2 Å². The first-order valence-electron chi connectivity index (χ1n) is 2.55. The maximum absolute atomic E-state index is 5.56. The van der Waals surface area contributed by atoms with Crippen LogP contribution in [0.2, 0.25) is 5.02 Å². The molecule has 0 spiro atoms. The third-order valence-corrected chi connectivity index (χ3v) is 0.990. The molecule has 0 atom stereocenters. The third kappa shape index (κ3) is 4.37. The maximum atomic E-state index is 5.56. The summed E-state index contributed by atoms with van der Waals surface area (Å²) in [5, 5.41) is 0.668. The Hall–Kier alpha value is 0.543. The van der Waals surface area contributed by atoms with Crippen LogP contribution in [0.5, 0.6) is 0 Å². The van der Waals surface area contributed by atoms with Crippen LogP contribution in [0.25, 0.3) is 0 Å². The number of halogens is 2. The van der Waals surface area contributed by atoms with E-state index in [9.17, 15) is 0 Å². The molecule has 50 valence electrons. The Morgan fingerprint density at radius 3 is 2.60 bits per heavy atom. The SMILES string of the molecule is Cc1[c-]ncc(Cl)c1.[Zn+][Br]. The predicted octanol–water partition coefficient (Wildman–Crippen LogP) is 2.69. The second-order valence-corrected chi connectivity index (χ2v) is 2.02. The van der Waals surface area contributed by atoms with Crippen molar-refractivity contribution in [1.29, 1.82) is 0 Å². The zero-order valence-electron chi connectivity index (χ0n) is 5.56. The molecule has 0 radical (unpaired) electrons. The number of aryl methyl sites for hydroxylation is 1. The zero-order chi connectivity index (χ0) is 7.98. The number of aromatic nitrogens is 1. The molecule has 1 aromatic rings. The van der Waals surface area contributed by atoms with Crippen LogP contribution in [0, 0.1) is 13.1 Å². The molecule has 0 amide bonds. The van der Waals surface area contributed by atoms with E-state index in [4.69, 9.17) is 11.6 Å². The fourth-order valence-electron chi connectivity index (χ4n) is 0.472. The summed E-state index contributed by atoms with van der Waals surface area (Å²) in [6.07, 6.45) is 4.30. The average Bonchev–Trinajstić information content (AvgIpc) is 1.91. The summed E-state index contributed by atoms with van der Waals surface area (Å²) in [5.41, 5.74) is 0.970.